The third-order valence-corrected chi connectivity index (χ3v) is 7.19. The van der Waals surface area contributed by atoms with E-state index >= 15 is 0 Å². The van der Waals surface area contributed by atoms with Crippen LogP contribution in [0.1, 0.15) is 0 Å². The third kappa shape index (κ3) is 10.4. The van der Waals surface area contributed by atoms with Gasteiger partial charge in [-0.05, 0) is 0 Å². The summed E-state index contributed by atoms with van der Waals surface area (Å²) in [6, 6.07) is 17.4. The van der Waals surface area contributed by atoms with Crippen LogP contribution in [0.5, 0.6) is 0 Å². The summed E-state index contributed by atoms with van der Waals surface area (Å²) in [5, 5.41) is 3.12. The predicted octanol–water partition coefficient (Wildman–Crippen LogP) is 5.59. The summed E-state index contributed by atoms with van der Waals surface area (Å²) in [5.41, 5.74) is 0. The van der Waals surface area contributed by atoms with Gasteiger partial charge in [-0.25, -0.2) is 12.1 Å². The second kappa shape index (κ2) is 10.7. The van der Waals surface area contributed by atoms with Crippen LogP contribution in [-0.2, 0) is 18.5 Å². The Hall–Kier alpha value is 0.977. The monoisotopic (exact) mass is 522 g/mol. The Morgan fingerprint density at radius 1 is 0.810 bits per heavy atom. The van der Waals surface area contributed by atoms with Crippen LogP contribution >= 0.6 is 24.4 Å². The van der Waals surface area contributed by atoms with Crippen molar-refractivity contribution in [2.45, 2.75) is 39.3 Å². The van der Waals surface area contributed by atoms with E-state index in [-0.39, 0.29) is 18.5 Å². The molecule has 0 aliphatic rings. The second-order valence-corrected chi connectivity index (χ2v) is 28.4. The van der Waals surface area contributed by atoms with Gasteiger partial charge in [-0.1, -0.05) is 39.3 Å². The fourth-order valence-corrected chi connectivity index (χ4v) is 4.13. The number of hydrogen-bond acceptors (Lipinski definition) is 0. The van der Waals surface area contributed by atoms with Crippen molar-refractivity contribution in [2.24, 2.45) is 0 Å². The fourth-order valence-electron chi connectivity index (χ4n) is 1.75. The summed E-state index contributed by atoms with van der Waals surface area (Å²) >= 11 is 6.32. The first-order chi connectivity index (χ1) is 9.62. The molecule has 2 aromatic rings. The summed E-state index contributed by atoms with van der Waals surface area (Å²) in [7, 11) is -1.96. The molecule has 2 aromatic carbocycles. The molecule has 0 aromatic heterocycles. The topological polar surface area (TPSA) is 0 Å². The van der Waals surface area contributed by atoms with E-state index in [0.717, 1.165) is 0 Å². The van der Waals surface area contributed by atoms with Crippen LogP contribution in [0.4, 0.5) is 0 Å². The van der Waals surface area contributed by atoms with Crippen molar-refractivity contribution in [2.75, 3.05) is 0 Å². The first-order valence-electron chi connectivity index (χ1n) is 7.03. The maximum absolute atomic E-state index is 3.23. The summed E-state index contributed by atoms with van der Waals surface area (Å²) < 4.78 is 0. The average molecular weight is 526 g/mol. The van der Waals surface area contributed by atoms with Gasteiger partial charge in [0.1, 0.15) is 0 Å². The Labute approximate surface area is 156 Å². The van der Waals surface area contributed by atoms with Gasteiger partial charge < -0.3 is 29.5 Å². The average Bonchev–Trinajstić information content (AvgIpc) is 3.03. The molecule has 0 bridgehead atoms. The summed E-state index contributed by atoms with van der Waals surface area (Å²) in [6.45, 7) is 14.2. The normalized spacial score (nSPS) is 10.9. The van der Waals surface area contributed by atoms with Crippen LogP contribution in [0.3, 0.4) is 0 Å². The van der Waals surface area contributed by atoms with Gasteiger partial charge in [0, 0.05) is 8.07 Å². The standard InChI is InChI=1S/2C8H13Si.2BrH.Zr/c2*1-9(2,3)8-6-4-5-7-8;;;/h2*4-7H,1-3H3;2*1H;/q-5;-1;;;+2/p-2. The first kappa shape index (κ1) is 22.0. The molecule has 122 valence electrons. The molecule has 0 heterocycles. The Morgan fingerprint density at radius 3 is 1.38 bits per heavy atom. The minimum absolute atomic E-state index is 0.145. The quantitative estimate of drug-likeness (QED) is 0.354. The fraction of sp³-hybridized carbons (Fsp3) is 0.375. The van der Waals surface area contributed by atoms with Crippen LogP contribution in [0.15, 0.2) is 48.5 Å². The van der Waals surface area contributed by atoms with Gasteiger partial charge in [0.2, 0.25) is 0 Å². The van der Waals surface area contributed by atoms with Crippen molar-refractivity contribution in [1.29, 1.82) is 0 Å². The molecule has 0 unspecified atom stereocenters. The van der Waals surface area contributed by atoms with Crippen molar-refractivity contribution in [3.05, 3.63) is 48.5 Å². The molecule has 21 heavy (non-hydrogen) atoms. The Balaban J connectivity index is 0.000000322. The first-order valence-corrected chi connectivity index (χ1v) is 25.3. The van der Waals surface area contributed by atoms with Crippen molar-refractivity contribution >= 4 is 51.0 Å². The number of halogens is 2. The van der Waals surface area contributed by atoms with E-state index in [0.29, 0.717) is 0 Å². The van der Waals surface area contributed by atoms with Crippen molar-refractivity contribution in [3.8, 4) is 0 Å². The van der Waals surface area contributed by atoms with E-state index in [1.165, 1.54) is 0 Å². The minimum atomic E-state index is -0.981. The molecule has 0 nitrogen and oxygen atoms in total. The van der Waals surface area contributed by atoms with Crippen LogP contribution in [0.2, 0.25) is 39.3 Å². The molecule has 0 spiro atoms. The molecule has 0 atom stereocenters. The molecule has 0 amide bonds. The van der Waals surface area contributed by atoms with Gasteiger partial charge in [0.25, 0.3) is 0 Å². The molecule has 0 N–H and O–H groups in total. The molecule has 0 fully saturated rings. The van der Waals surface area contributed by atoms with Gasteiger partial charge in [-0.15, -0.1) is 8.07 Å². The van der Waals surface area contributed by atoms with Crippen LogP contribution in [0, 0.1) is 0 Å². The van der Waals surface area contributed by atoms with Gasteiger partial charge in [0.15, 0.2) is 0 Å². The zero-order valence-electron chi connectivity index (χ0n) is 13.9. The summed E-state index contributed by atoms with van der Waals surface area (Å²) in [5.74, 6) is 0. The van der Waals surface area contributed by atoms with Gasteiger partial charge in [-0.3, -0.25) is 0 Å². The molecular formula is C16H26Br2Si2Zr-6. The SMILES string of the molecule is C[Si](C)(C)[c-]1[cH-][cH-][cH-][cH-]1.C[Si](C)(C)[c-]1cccc1.[Br][Zr][Br]. The van der Waals surface area contributed by atoms with E-state index in [4.69, 9.17) is 0 Å². The van der Waals surface area contributed by atoms with Crippen molar-refractivity contribution in [3.63, 3.8) is 0 Å². The van der Waals surface area contributed by atoms with E-state index < -0.39 is 16.1 Å². The second-order valence-electron chi connectivity index (χ2n) is 6.92. The van der Waals surface area contributed by atoms with Crippen LogP contribution < -0.4 is 10.4 Å². The van der Waals surface area contributed by atoms with Gasteiger partial charge in [-0.2, -0.15) is 17.3 Å². The van der Waals surface area contributed by atoms with Crippen molar-refractivity contribution in [1.82, 2.24) is 0 Å². The number of rotatable bonds is 2. The summed E-state index contributed by atoms with van der Waals surface area (Å²) in [4.78, 5) is 0. The van der Waals surface area contributed by atoms with E-state index in [1.54, 1.807) is 10.4 Å². The van der Waals surface area contributed by atoms with Gasteiger partial charge >= 0.3 is 43.0 Å². The predicted molar refractivity (Wildman–Crippen MR) is 108 cm³/mol. The molecule has 0 radical (unpaired) electrons. The van der Waals surface area contributed by atoms with Crippen LogP contribution in [0.25, 0.3) is 0 Å². The Morgan fingerprint density at radius 2 is 1.19 bits per heavy atom. The van der Waals surface area contributed by atoms with E-state index in [9.17, 15) is 0 Å². The van der Waals surface area contributed by atoms with Gasteiger partial charge in [0.05, 0.1) is 0 Å². The van der Waals surface area contributed by atoms with Crippen LogP contribution in [-0.4, -0.2) is 16.1 Å². The summed E-state index contributed by atoms with van der Waals surface area (Å²) in [6.07, 6.45) is 0. The Kier molecular flexibility index (Phi) is 11.2. The Bertz CT molecular complexity index is 407. The van der Waals surface area contributed by atoms with Crippen molar-refractivity contribution < 1.29 is 18.5 Å². The third-order valence-electron chi connectivity index (χ3n) is 3.06. The zero-order chi connectivity index (χ0) is 16.5. The molecule has 5 heteroatoms. The molecule has 0 aliphatic heterocycles. The van der Waals surface area contributed by atoms with E-state index in [2.05, 4.69) is 112 Å². The molecule has 2 rings (SSSR count). The van der Waals surface area contributed by atoms with E-state index in [1.807, 2.05) is 0 Å². The number of hydrogen-bond donors (Lipinski definition) is 0. The molecular weight excluding hydrogens is 499 g/mol. The molecule has 0 saturated heterocycles. The zero-order valence-corrected chi connectivity index (χ0v) is 21.5. The maximum atomic E-state index is 3.23. The molecule has 0 aliphatic carbocycles. The molecule has 0 saturated carbocycles.